The van der Waals surface area contributed by atoms with E-state index in [-0.39, 0.29) is 23.9 Å². The van der Waals surface area contributed by atoms with Crippen LogP contribution in [0.25, 0.3) is 10.2 Å². The molecule has 166 valence electrons. The van der Waals surface area contributed by atoms with Gasteiger partial charge in [0.15, 0.2) is 5.13 Å². The van der Waals surface area contributed by atoms with Crippen molar-refractivity contribution >= 4 is 66.9 Å². The number of amides is 1. The van der Waals surface area contributed by atoms with Crippen LogP contribution in [0.1, 0.15) is 34.6 Å². The van der Waals surface area contributed by atoms with Gasteiger partial charge in [0, 0.05) is 17.6 Å². The molecular weight excluding hydrogens is 502 g/mol. The monoisotopic (exact) mass is 525 g/mol. The Morgan fingerprint density at radius 3 is 2.39 bits per heavy atom. The number of hydrogen-bond acceptors (Lipinski definition) is 6. The molecule has 0 atom stereocenters. The number of carbonyl (C=O) groups is 2. The van der Waals surface area contributed by atoms with Crippen molar-refractivity contribution in [2.24, 2.45) is 0 Å². The number of hydrogen-bond donors (Lipinski definition) is 0. The summed E-state index contributed by atoms with van der Waals surface area (Å²) >= 11 is 4.95. The van der Waals surface area contributed by atoms with Crippen LogP contribution in [0, 0.1) is 0 Å². The van der Waals surface area contributed by atoms with E-state index in [1.165, 1.54) is 18.4 Å². The first-order valence-electron chi connectivity index (χ1n) is 9.76. The molecule has 0 aliphatic rings. The Kier molecular flexibility index (Phi) is 9.43. The largest absolute Gasteiger partial charge is 0.465 e. The molecule has 6 nitrogen and oxygen atoms in total. The summed E-state index contributed by atoms with van der Waals surface area (Å²) in [6.07, 6.45) is 0. The lowest BCUT2D eigenvalue weighted by Crippen LogP contribution is -2.39. The molecule has 0 unspecified atom stereocenters. The predicted octanol–water partition coefficient (Wildman–Crippen LogP) is 5.26. The number of aromatic nitrogens is 1. The van der Waals surface area contributed by atoms with Crippen molar-refractivity contribution in [3.8, 4) is 0 Å². The molecular formula is C22H25BrClN3O3S. The van der Waals surface area contributed by atoms with Crippen LogP contribution >= 0.6 is 39.7 Å². The summed E-state index contributed by atoms with van der Waals surface area (Å²) in [5.74, 6) is -0.794. The number of nitrogens with zero attached hydrogens (tertiary/aromatic N) is 3. The molecule has 0 aliphatic heterocycles. The smallest absolute Gasteiger partial charge is 0.338 e. The van der Waals surface area contributed by atoms with Gasteiger partial charge >= 0.3 is 5.97 Å². The third-order valence-electron chi connectivity index (χ3n) is 4.91. The summed E-state index contributed by atoms with van der Waals surface area (Å²) in [6.45, 7) is 7.15. The summed E-state index contributed by atoms with van der Waals surface area (Å²) in [4.78, 5) is 34.4. The van der Waals surface area contributed by atoms with Crippen LogP contribution in [0.15, 0.2) is 46.9 Å². The van der Waals surface area contributed by atoms with Gasteiger partial charge in [0.1, 0.15) is 0 Å². The van der Waals surface area contributed by atoms with Gasteiger partial charge in [0.2, 0.25) is 0 Å². The molecule has 1 amide bonds. The number of likely N-dealkylation sites (N-methyl/N-ethyl adjacent to an activating group) is 1. The van der Waals surface area contributed by atoms with Crippen molar-refractivity contribution in [3.05, 3.63) is 58.1 Å². The second kappa shape index (κ2) is 11.6. The summed E-state index contributed by atoms with van der Waals surface area (Å²) in [5, 5.41) is 0.611. The quantitative estimate of drug-likeness (QED) is 0.375. The van der Waals surface area contributed by atoms with Crippen molar-refractivity contribution in [2.75, 3.05) is 38.2 Å². The molecule has 1 heterocycles. The molecule has 0 radical (unpaired) electrons. The van der Waals surface area contributed by atoms with E-state index in [0.717, 1.165) is 27.8 Å². The summed E-state index contributed by atoms with van der Waals surface area (Å²) in [5.41, 5.74) is 1.39. The second-order valence-corrected chi connectivity index (χ2v) is 8.55. The van der Waals surface area contributed by atoms with Crippen molar-refractivity contribution in [1.82, 2.24) is 9.88 Å². The molecule has 9 heteroatoms. The first kappa shape index (κ1) is 25.3. The average Bonchev–Trinajstić information content (AvgIpc) is 3.18. The number of thiazole rings is 1. The van der Waals surface area contributed by atoms with E-state index in [2.05, 4.69) is 34.7 Å². The van der Waals surface area contributed by atoms with Crippen LogP contribution in [-0.4, -0.2) is 55.0 Å². The van der Waals surface area contributed by atoms with Gasteiger partial charge in [-0.1, -0.05) is 53.2 Å². The van der Waals surface area contributed by atoms with Gasteiger partial charge in [-0.25, -0.2) is 9.78 Å². The number of benzene rings is 2. The highest BCUT2D eigenvalue weighted by Crippen LogP contribution is 2.32. The highest BCUT2D eigenvalue weighted by molar-refractivity contribution is 9.10. The first-order chi connectivity index (χ1) is 14.5. The highest BCUT2D eigenvalue weighted by atomic mass is 79.9. The van der Waals surface area contributed by atoms with Gasteiger partial charge in [-0.05, 0) is 43.4 Å². The average molecular weight is 527 g/mol. The van der Waals surface area contributed by atoms with Gasteiger partial charge in [-0.15, -0.1) is 12.4 Å². The van der Waals surface area contributed by atoms with Gasteiger partial charge in [-0.2, -0.15) is 0 Å². The topological polar surface area (TPSA) is 62.7 Å². The Morgan fingerprint density at radius 1 is 1.06 bits per heavy atom. The Hall–Kier alpha value is -2.00. The molecule has 0 saturated heterocycles. The van der Waals surface area contributed by atoms with Crippen molar-refractivity contribution in [2.45, 2.75) is 13.8 Å². The van der Waals surface area contributed by atoms with E-state index in [1.54, 1.807) is 29.2 Å². The van der Waals surface area contributed by atoms with Gasteiger partial charge in [0.05, 0.1) is 28.5 Å². The maximum atomic E-state index is 13.6. The van der Waals surface area contributed by atoms with Crippen molar-refractivity contribution in [3.63, 3.8) is 0 Å². The molecule has 0 fully saturated rings. The molecule has 31 heavy (non-hydrogen) atoms. The van der Waals surface area contributed by atoms with Crippen molar-refractivity contribution in [1.29, 1.82) is 0 Å². The van der Waals surface area contributed by atoms with E-state index in [9.17, 15) is 9.59 Å². The standard InChI is InChI=1S/C22H24BrN3O3S.ClH/c1-4-25(5-2)12-13-26(22-24-18-11-10-15(23)14-19(18)30-22)20(27)16-8-6-7-9-17(16)21(28)29-3;/h6-11,14H,4-5,12-13H2,1-3H3;1H. The summed E-state index contributed by atoms with van der Waals surface area (Å²) in [7, 11) is 1.31. The van der Waals surface area contributed by atoms with E-state index < -0.39 is 5.97 Å². The fourth-order valence-electron chi connectivity index (χ4n) is 3.17. The summed E-state index contributed by atoms with van der Waals surface area (Å²) in [6, 6.07) is 12.6. The van der Waals surface area contributed by atoms with Gasteiger partial charge in [-0.3, -0.25) is 9.69 Å². The van der Waals surface area contributed by atoms with Gasteiger partial charge < -0.3 is 9.64 Å². The van der Waals surface area contributed by atoms with E-state index >= 15 is 0 Å². The van der Waals surface area contributed by atoms with Crippen LogP contribution in [0.4, 0.5) is 5.13 Å². The maximum absolute atomic E-state index is 13.6. The Balaban J connectivity index is 0.00000341. The van der Waals surface area contributed by atoms with Crippen LogP contribution < -0.4 is 4.90 Å². The van der Waals surface area contributed by atoms with Crippen LogP contribution in [0.3, 0.4) is 0 Å². The Morgan fingerprint density at radius 2 is 1.74 bits per heavy atom. The third-order valence-corrected chi connectivity index (χ3v) is 6.45. The first-order valence-corrected chi connectivity index (χ1v) is 11.4. The zero-order valence-electron chi connectivity index (χ0n) is 17.6. The lowest BCUT2D eigenvalue weighted by atomic mass is 10.1. The van der Waals surface area contributed by atoms with Crippen LogP contribution in [0.2, 0.25) is 0 Å². The fourth-order valence-corrected chi connectivity index (χ4v) is 4.71. The van der Waals surface area contributed by atoms with E-state index in [0.29, 0.717) is 23.8 Å². The molecule has 3 aromatic rings. The number of ether oxygens (including phenoxy) is 1. The number of carbonyl (C=O) groups excluding carboxylic acids is 2. The lowest BCUT2D eigenvalue weighted by molar-refractivity contribution is 0.0597. The zero-order chi connectivity index (χ0) is 21.7. The van der Waals surface area contributed by atoms with E-state index in [1.807, 2.05) is 18.2 Å². The number of halogens is 2. The Bertz CT molecular complexity index is 1060. The number of methoxy groups -OCH3 is 1. The highest BCUT2D eigenvalue weighted by Gasteiger charge is 2.26. The second-order valence-electron chi connectivity index (χ2n) is 6.63. The zero-order valence-corrected chi connectivity index (χ0v) is 20.8. The number of rotatable bonds is 8. The molecule has 0 spiro atoms. The predicted molar refractivity (Wildman–Crippen MR) is 132 cm³/mol. The minimum absolute atomic E-state index is 0. The molecule has 0 saturated carbocycles. The minimum atomic E-state index is -0.532. The summed E-state index contributed by atoms with van der Waals surface area (Å²) < 4.78 is 6.82. The lowest BCUT2D eigenvalue weighted by Gasteiger charge is -2.25. The number of fused-ring (bicyclic) bond motifs is 1. The molecule has 0 N–H and O–H groups in total. The number of anilines is 1. The van der Waals surface area contributed by atoms with Crippen molar-refractivity contribution < 1.29 is 14.3 Å². The normalized spacial score (nSPS) is 10.7. The minimum Gasteiger partial charge on any atom is -0.465 e. The molecule has 3 rings (SSSR count). The molecule has 1 aromatic heterocycles. The molecule has 0 aliphatic carbocycles. The Labute approximate surface area is 200 Å². The van der Waals surface area contributed by atoms with Crippen LogP contribution in [0.5, 0.6) is 0 Å². The van der Waals surface area contributed by atoms with E-state index in [4.69, 9.17) is 9.72 Å². The van der Waals surface area contributed by atoms with Crippen LogP contribution in [-0.2, 0) is 4.74 Å². The number of esters is 1. The molecule has 0 bridgehead atoms. The third kappa shape index (κ3) is 5.83. The van der Waals surface area contributed by atoms with Gasteiger partial charge in [0.25, 0.3) is 5.91 Å². The SMILES string of the molecule is CCN(CC)CCN(C(=O)c1ccccc1C(=O)OC)c1nc2ccc(Br)cc2s1.Cl. The maximum Gasteiger partial charge on any atom is 0.338 e. The fraction of sp³-hybridized carbons (Fsp3) is 0.318. The molecule has 2 aromatic carbocycles.